The Morgan fingerprint density at radius 3 is 2.48 bits per heavy atom. The van der Waals surface area contributed by atoms with Gasteiger partial charge in [-0.1, -0.05) is 84.5 Å². The van der Waals surface area contributed by atoms with E-state index in [2.05, 4.69) is 70.3 Å². The second kappa shape index (κ2) is 7.66. The van der Waals surface area contributed by atoms with Gasteiger partial charge in [-0.2, -0.15) is 0 Å². The maximum Gasteiger partial charge on any atom is 0.111 e. The summed E-state index contributed by atoms with van der Waals surface area (Å²) in [6, 6.07) is 25.2. The van der Waals surface area contributed by atoms with Crippen molar-refractivity contribution in [3.63, 3.8) is 0 Å². The molecule has 2 nitrogen and oxygen atoms in total. The van der Waals surface area contributed by atoms with Crippen molar-refractivity contribution in [1.82, 2.24) is 9.47 Å². The van der Waals surface area contributed by atoms with Crippen LogP contribution in [0.25, 0.3) is 10.9 Å². The van der Waals surface area contributed by atoms with Gasteiger partial charge in [0.1, 0.15) is 4.99 Å². The molecule has 0 amide bonds. The van der Waals surface area contributed by atoms with Crippen molar-refractivity contribution in [2.75, 3.05) is 6.54 Å². The topological polar surface area (TPSA) is 8.17 Å². The van der Waals surface area contributed by atoms with Crippen LogP contribution in [0.15, 0.2) is 79.0 Å². The van der Waals surface area contributed by atoms with E-state index in [0.717, 1.165) is 47.2 Å². The van der Waals surface area contributed by atoms with Crippen molar-refractivity contribution in [2.24, 2.45) is 0 Å². The third-order valence-corrected chi connectivity index (χ3v) is 6.58. The van der Waals surface area contributed by atoms with Crippen LogP contribution >= 0.6 is 23.8 Å². The first-order valence-corrected chi connectivity index (χ1v) is 10.7. The minimum Gasteiger partial charge on any atom is -0.358 e. The fourth-order valence-corrected chi connectivity index (χ4v) is 4.71. The predicted molar refractivity (Wildman–Crippen MR) is 125 cm³/mol. The summed E-state index contributed by atoms with van der Waals surface area (Å²) in [5.41, 5.74) is 6.23. The van der Waals surface area contributed by atoms with Crippen molar-refractivity contribution in [1.29, 1.82) is 0 Å². The van der Waals surface area contributed by atoms with Crippen LogP contribution in [0.5, 0.6) is 0 Å². The summed E-state index contributed by atoms with van der Waals surface area (Å²) in [4.78, 5) is 3.26. The predicted octanol–water partition coefficient (Wildman–Crippen LogP) is 6.08. The molecule has 1 aliphatic rings. The van der Waals surface area contributed by atoms with Gasteiger partial charge >= 0.3 is 0 Å². The van der Waals surface area contributed by atoms with Gasteiger partial charge in [-0.15, -0.1) is 0 Å². The molecule has 1 aliphatic heterocycles. The van der Waals surface area contributed by atoms with Gasteiger partial charge in [0.2, 0.25) is 0 Å². The Labute approximate surface area is 181 Å². The lowest BCUT2D eigenvalue weighted by Gasteiger charge is -2.30. The number of hydrogen-bond donors (Lipinski definition) is 0. The molecule has 4 aromatic rings. The van der Waals surface area contributed by atoms with Crippen LogP contribution in [0.3, 0.4) is 0 Å². The first-order valence-electron chi connectivity index (χ1n) is 9.88. The van der Waals surface area contributed by atoms with Crippen molar-refractivity contribution in [3.8, 4) is 0 Å². The molecular weight excluding hydrogens is 396 g/mol. The van der Waals surface area contributed by atoms with E-state index in [4.69, 9.17) is 23.8 Å². The Morgan fingerprint density at radius 1 is 0.897 bits per heavy atom. The molecule has 0 bridgehead atoms. The maximum atomic E-state index is 6.42. The Bertz CT molecular complexity index is 1210. The van der Waals surface area contributed by atoms with Gasteiger partial charge in [-0.25, -0.2) is 0 Å². The molecule has 29 heavy (non-hydrogen) atoms. The molecule has 2 heterocycles. The van der Waals surface area contributed by atoms with Crippen LogP contribution in [-0.4, -0.2) is 21.0 Å². The largest absolute Gasteiger partial charge is 0.358 e. The van der Waals surface area contributed by atoms with E-state index in [-0.39, 0.29) is 0 Å². The normalized spacial score (nSPS) is 13.5. The van der Waals surface area contributed by atoms with E-state index in [0.29, 0.717) is 0 Å². The number of benzene rings is 3. The first-order chi connectivity index (χ1) is 14.2. The standard InChI is InChI=1S/C25H21ClN2S/c26-23-11-5-3-9-20(23)16-28-17-22(21-10-4-6-12-24(21)28)25(29)27-14-13-18-7-1-2-8-19(18)15-27/h1-12,17H,13-16H2. The lowest BCUT2D eigenvalue weighted by Crippen LogP contribution is -2.35. The smallest absolute Gasteiger partial charge is 0.111 e. The number of hydrogen-bond acceptors (Lipinski definition) is 1. The molecule has 0 N–H and O–H groups in total. The molecule has 0 atom stereocenters. The minimum absolute atomic E-state index is 0.728. The summed E-state index contributed by atoms with van der Waals surface area (Å²) in [7, 11) is 0. The van der Waals surface area contributed by atoms with E-state index < -0.39 is 0 Å². The number of halogens is 1. The Balaban J connectivity index is 1.51. The summed E-state index contributed by atoms with van der Waals surface area (Å²) >= 11 is 12.4. The minimum atomic E-state index is 0.728. The molecule has 0 radical (unpaired) electrons. The molecule has 0 saturated heterocycles. The van der Waals surface area contributed by atoms with Crippen molar-refractivity contribution >= 4 is 39.7 Å². The number of rotatable bonds is 3. The molecule has 0 saturated carbocycles. The van der Waals surface area contributed by atoms with Crippen LogP contribution in [0.2, 0.25) is 5.02 Å². The van der Waals surface area contributed by atoms with E-state index in [1.165, 1.54) is 22.0 Å². The third-order valence-electron chi connectivity index (χ3n) is 5.74. The van der Waals surface area contributed by atoms with E-state index in [1.807, 2.05) is 18.2 Å². The summed E-state index contributed by atoms with van der Waals surface area (Å²) in [6.07, 6.45) is 3.23. The summed E-state index contributed by atoms with van der Waals surface area (Å²) < 4.78 is 2.26. The van der Waals surface area contributed by atoms with E-state index in [1.54, 1.807) is 0 Å². The zero-order valence-corrected chi connectivity index (χ0v) is 17.6. The van der Waals surface area contributed by atoms with Gasteiger partial charge in [0.05, 0.1) is 0 Å². The molecular formula is C25H21ClN2S. The molecule has 0 fully saturated rings. The second-order valence-corrected chi connectivity index (χ2v) is 8.32. The van der Waals surface area contributed by atoms with Crippen molar-refractivity contribution in [3.05, 3.63) is 106 Å². The molecule has 144 valence electrons. The fourth-order valence-electron chi connectivity index (χ4n) is 4.20. The lowest BCUT2D eigenvalue weighted by atomic mass is 9.99. The van der Waals surface area contributed by atoms with Gasteiger partial charge in [-0.05, 0) is 35.2 Å². The van der Waals surface area contributed by atoms with Gasteiger partial charge in [0.15, 0.2) is 0 Å². The highest BCUT2D eigenvalue weighted by molar-refractivity contribution is 7.80. The Kier molecular flexibility index (Phi) is 4.86. The monoisotopic (exact) mass is 416 g/mol. The van der Waals surface area contributed by atoms with Gasteiger partial charge in [0.25, 0.3) is 0 Å². The summed E-state index contributed by atoms with van der Waals surface area (Å²) in [5, 5.41) is 1.99. The molecule has 3 aromatic carbocycles. The van der Waals surface area contributed by atoms with Gasteiger partial charge in [-0.3, -0.25) is 0 Å². The third kappa shape index (κ3) is 3.45. The Hall–Kier alpha value is -2.62. The number of fused-ring (bicyclic) bond motifs is 2. The van der Waals surface area contributed by atoms with Gasteiger partial charge < -0.3 is 9.47 Å². The van der Waals surface area contributed by atoms with Crippen molar-refractivity contribution in [2.45, 2.75) is 19.5 Å². The van der Waals surface area contributed by atoms with Crippen molar-refractivity contribution < 1.29 is 0 Å². The molecule has 5 rings (SSSR count). The lowest BCUT2D eigenvalue weighted by molar-refractivity contribution is 0.401. The molecule has 0 spiro atoms. The first kappa shape index (κ1) is 18.4. The van der Waals surface area contributed by atoms with Crippen LogP contribution < -0.4 is 0 Å². The Morgan fingerprint density at radius 2 is 1.62 bits per heavy atom. The summed E-state index contributed by atoms with van der Waals surface area (Å²) in [6.45, 7) is 2.56. The van der Waals surface area contributed by atoms with Crippen LogP contribution in [-0.2, 0) is 19.5 Å². The number of thiocarbonyl (C=S) groups is 1. The van der Waals surface area contributed by atoms with Crippen LogP contribution in [0.1, 0.15) is 22.3 Å². The highest BCUT2D eigenvalue weighted by atomic mass is 35.5. The van der Waals surface area contributed by atoms with Crippen LogP contribution in [0.4, 0.5) is 0 Å². The highest BCUT2D eigenvalue weighted by Crippen LogP contribution is 2.28. The zero-order chi connectivity index (χ0) is 19.8. The van der Waals surface area contributed by atoms with Crippen LogP contribution in [0, 0.1) is 0 Å². The van der Waals surface area contributed by atoms with E-state index >= 15 is 0 Å². The highest BCUT2D eigenvalue weighted by Gasteiger charge is 2.22. The SMILES string of the molecule is S=C(c1cn(Cc2ccccc2Cl)c2ccccc12)N1CCc2ccccc2C1. The quantitative estimate of drug-likeness (QED) is 0.374. The number of nitrogens with zero attached hydrogens (tertiary/aromatic N) is 2. The van der Waals surface area contributed by atoms with E-state index in [9.17, 15) is 0 Å². The van der Waals surface area contributed by atoms with Gasteiger partial charge in [0, 0.05) is 47.3 Å². The average molecular weight is 417 g/mol. The molecule has 0 aliphatic carbocycles. The number of para-hydroxylation sites is 1. The second-order valence-electron chi connectivity index (χ2n) is 7.52. The fraction of sp³-hybridized carbons (Fsp3) is 0.160. The molecule has 4 heteroatoms. The molecule has 1 aromatic heterocycles. The number of aromatic nitrogens is 1. The molecule has 0 unspecified atom stereocenters. The zero-order valence-electron chi connectivity index (χ0n) is 16.0. The average Bonchev–Trinajstić information content (AvgIpc) is 3.13. The maximum absolute atomic E-state index is 6.42. The summed E-state index contributed by atoms with van der Waals surface area (Å²) in [5.74, 6) is 0.